The van der Waals surface area contributed by atoms with Crippen molar-refractivity contribution >= 4 is 12.0 Å². The minimum atomic E-state index is -0.490. The number of carbonyl (C=O) groups is 2. The number of amides is 2. The molecule has 104 valence electrons. The number of piperazine rings is 1. The van der Waals surface area contributed by atoms with Gasteiger partial charge in [0.05, 0.1) is 6.04 Å². The SMILES string of the molecule is C[C@H](N)C(=O)N1CCN(C(=O)OC(C)(C)C)CC1. The van der Waals surface area contributed by atoms with E-state index in [0.717, 1.165) is 0 Å². The van der Waals surface area contributed by atoms with Crippen LogP contribution in [0.15, 0.2) is 0 Å². The molecule has 6 heteroatoms. The molecule has 6 nitrogen and oxygen atoms in total. The van der Waals surface area contributed by atoms with E-state index in [9.17, 15) is 9.59 Å². The molecule has 0 saturated carbocycles. The van der Waals surface area contributed by atoms with E-state index in [1.54, 1.807) is 16.7 Å². The molecule has 1 rings (SSSR count). The van der Waals surface area contributed by atoms with E-state index in [2.05, 4.69) is 0 Å². The summed E-state index contributed by atoms with van der Waals surface area (Å²) in [4.78, 5) is 26.8. The molecule has 2 amide bonds. The highest BCUT2D eigenvalue weighted by atomic mass is 16.6. The summed E-state index contributed by atoms with van der Waals surface area (Å²) in [6.45, 7) is 9.19. The summed E-state index contributed by atoms with van der Waals surface area (Å²) >= 11 is 0. The Morgan fingerprint density at radius 1 is 1.11 bits per heavy atom. The Balaban J connectivity index is 2.44. The van der Waals surface area contributed by atoms with Gasteiger partial charge in [-0.3, -0.25) is 4.79 Å². The van der Waals surface area contributed by atoms with Crippen LogP contribution in [-0.4, -0.2) is 59.6 Å². The van der Waals surface area contributed by atoms with Crippen molar-refractivity contribution in [2.45, 2.75) is 39.3 Å². The lowest BCUT2D eigenvalue weighted by Crippen LogP contribution is -2.54. The molecule has 1 aliphatic rings. The molecular weight excluding hydrogens is 234 g/mol. The summed E-state index contributed by atoms with van der Waals surface area (Å²) in [6, 6.07) is -0.488. The Morgan fingerprint density at radius 2 is 1.56 bits per heavy atom. The second kappa shape index (κ2) is 5.56. The molecule has 0 bridgehead atoms. The van der Waals surface area contributed by atoms with E-state index in [0.29, 0.717) is 26.2 Å². The molecule has 1 saturated heterocycles. The molecule has 0 aromatic carbocycles. The molecule has 0 spiro atoms. The van der Waals surface area contributed by atoms with Gasteiger partial charge in [0.25, 0.3) is 0 Å². The normalized spacial score (nSPS) is 18.5. The number of carbonyl (C=O) groups excluding carboxylic acids is 2. The van der Waals surface area contributed by atoms with E-state index in [1.165, 1.54) is 0 Å². The summed E-state index contributed by atoms with van der Waals surface area (Å²) in [5.74, 6) is -0.0705. The van der Waals surface area contributed by atoms with Crippen LogP contribution in [0.3, 0.4) is 0 Å². The van der Waals surface area contributed by atoms with Gasteiger partial charge in [-0.25, -0.2) is 4.79 Å². The topological polar surface area (TPSA) is 75.9 Å². The van der Waals surface area contributed by atoms with Crippen LogP contribution in [0.5, 0.6) is 0 Å². The van der Waals surface area contributed by atoms with Gasteiger partial charge >= 0.3 is 6.09 Å². The first kappa shape index (κ1) is 14.8. The average Bonchev–Trinajstić information content (AvgIpc) is 2.26. The zero-order valence-corrected chi connectivity index (χ0v) is 11.6. The molecule has 0 aromatic heterocycles. The third-order valence-electron chi connectivity index (χ3n) is 2.63. The van der Waals surface area contributed by atoms with Crippen molar-refractivity contribution in [3.05, 3.63) is 0 Å². The van der Waals surface area contributed by atoms with Gasteiger partial charge in [0.15, 0.2) is 0 Å². The van der Waals surface area contributed by atoms with E-state index < -0.39 is 11.6 Å². The lowest BCUT2D eigenvalue weighted by molar-refractivity contribution is -0.133. The minimum absolute atomic E-state index is 0.0705. The van der Waals surface area contributed by atoms with Crippen molar-refractivity contribution < 1.29 is 14.3 Å². The highest BCUT2D eigenvalue weighted by Gasteiger charge is 2.28. The van der Waals surface area contributed by atoms with Crippen molar-refractivity contribution in [3.8, 4) is 0 Å². The van der Waals surface area contributed by atoms with Crippen molar-refractivity contribution in [1.82, 2.24) is 9.80 Å². The van der Waals surface area contributed by atoms with Crippen molar-refractivity contribution in [3.63, 3.8) is 0 Å². The Morgan fingerprint density at radius 3 is 1.94 bits per heavy atom. The first-order chi connectivity index (χ1) is 8.20. The van der Waals surface area contributed by atoms with Crippen LogP contribution in [-0.2, 0) is 9.53 Å². The smallest absolute Gasteiger partial charge is 0.410 e. The predicted octanol–water partition coefficient (Wildman–Crippen LogP) is 0.413. The molecule has 0 radical (unpaired) electrons. The largest absolute Gasteiger partial charge is 0.444 e. The monoisotopic (exact) mass is 257 g/mol. The van der Waals surface area contributed by atoms with Crippen LogP contribution in [0, 0.1) is 0 Å². The molecule has 18 heavy (non-hydrogen) atoms. The fraction of sp³-hybridized carbons (Fsp3) is 0.833. The van der Waals surface area contributed by atoms with Gasteiger partial charge in [0, 0.05) is 26.2 Å². The third-order valence-corrected chi connectivity index (χ3v) is 2.63. The number of nitrogens with zero attached hydrogens (tertiary/aromatic N) is 2. The number of nitrogens with two attached hydrogens (primary N) is 1. The quantitative estimate of drug-likeness (QED) is 0.738. The molecule has 1 heterocycles. The van der Waals surface area contributed by atoms with Crippen molar-refractivity contribution in [2.75, 3.05) is 26.2 Å². The van der Waals surface area contributed by atoms with Gasteiger partial charge in [0.1, 0.15) is 5.60 Å². The molecule has 1 aliphatic heterocycles. The lowest BCUT2D eigenvalue weighted by Gasteiger charge is -2.36. The average molecular weight is 257 g/mol. The fourth-order valence-corrected chi connectivity index (χ4v) is 1.72. The molecule has 1 fully saturated rings. The molecule has 0 unspecified atom stereocenters. The van der Waals surface area contributed by atoms with E-state index in [-0.39, 0.29) is 12.0 Å². The zero-order valence-electron chi connectivity index (χ0n) is 11.6. The fourth-order valence-electron chi connectivity index (χ4n) is 1.72. The van der Waals surface area contributed by atoms with Gasteiger partial charge in [-0.2, -0.15) is 0 Å². The summed E-state index contributed by atoms with van der Waals surface area (Å²) < 4.78 is 5.28. The van der Waals surface area contributed by atoms with Gasteiger partial charge in [-0.15, -0.1) is 0 Å². The van der Waals surface area contributed by atoms with E-state index >= 15 is 0 Å². The van der Waals surface area contributed by atoms with E-state index in [4.69, 9.17) is 10.5 Å². The summed E-state index contributed by atoms with van der Waals surface area (Å²) in [5, 5.41) is 0. The summed E-state index contributed by atoms with van der Waals surface area (Å²) in [6.07, 6.45) is -0.324. The number of hydrogen-bond acceptors (Lipinski definition) is 4. The molecule has 1 atom stereocenters. The maximum Gasteiger partial charge on any atom is 0.410 e. The Hall–Kier alpha value is -1.30. The first-order valence-corrected chi connectivity index (χ1v) is 6.23. The second-order valence-corrected chi connectivity index (χ2v) is 5.58. The number of rotatable bonds is 1. The summed E-state index contributed by atoms with van der Waals surface area (Å²) in [7, 11) is 0. The molecule has 0 aromatic rings. The van der Waals surface area contributed by atoms with Gasteiger partial charge in [-0.1, -0.05) is 0 Å². The summed E-state index contributed by atoms with van der Waals surface area (Å²) in [5.41, 5.74) is 5.06. The zero-order chi connectivity index (χ0) is 13.9. The number of ether oxygens (including phenoxy) is 1. The van der Waals surface area contributed by atoms with Crippen LogP contribution in [0.1, 0.15) is 27.7 Å². The highest BCUT2D eigenvalue weighted by molar-refractivity contribution is 5.81. The van der Waals surface area contributed by atoms with E-state index in [1.807, 2.05) is 20.8 Å². The van der Waals surface area contributed by atoms with Gasteiger partial charge in [-0.05, 0) is 27.7 Å². The highest BCUT2D eigenvalue weighted by Crippen LogP contribution is 2.12. The Kier molecular flexibility index (Phi) is 4.56. The van der Waals surface area contributed by atoms with Gasteiger partial charge in [0.2, 0.25) is 5.91 Å². The maximum atomic E-state index is 11.8. The molecule has 0 aliphatic carbocycles. The van der Waals surface area contributed by atoms with Crippen molar-refractivity contribution in [1.29, 1.82) is 0 Å². The van der Waals surface area contributed by atoms with Crippen molar-refractivity contribution in [2.24, 2.45) is 5.73 Å². The molecular formula is C12H23N3O3. The molecule has 2 N–H and O–H groups in total. The third kappa shape index (κ3) is 4.18. The van der Waals surface area contributed by atoms with Gasteiger partial charge < -0.3 is 20.3 Å². The van der Waals surface area contributed by atoms with Crippen LogP contribution in [0.4, 0.5) is 4.79 Å². The Labute approximate surface area is 108 Å². The second-order valence-electron chi connectivity index (χ2n) is 5.58. The van der Waals surface area contributed by atoms with Crippen LogP contribution in [0.2, 0.25) is 0 Å². The predicted molar refractivity (Wildman–Crippen MR) is 68.0 cm³/mol. The van der Waals surface area contributed by atoms with Crippen LogP contribution < -0.4 is 5.73 Å². The van der Waals surface area contributed by atoms with Crippen LogP contribution >= 0.6 is 0 Å². The number of hydrogen-bond donors (Lipinski definition) is 1. The lowest BCUT2D eigenvalue weighted by atomic mass is 10.2. The van der Waals surface area contributed by atoms with Crippen LogP contribution in [0.25, 0.3) is 0 Å². The maximum absolute atomic E-state index is 11.8. The minimum Gasteiger partial charge on any atom is -0.444 e. The Bertz CT molecular complexity index is 315. The first-order valence-electron chi connectivity index (χ1n) is 6.23. The standard InChI is InChI=1S/C12H23N3O3/c1-9(13)10(16)14-5-7-15(8-6-14)11(17)18-12(2,3)4/h9H,5-8,13H2,1-4H3/t9-/m0/s1.